The maximum atomic E-state index is 11.1. The average molecular weight is 281 g/mol. The zero-order valence-electron chi connectivity index (χ0n) is 11.4. The normalized spacial score (nSPS) is 15.3. The van der Waals surface area contributed by atoms with Crippen molar-refractivity contribution in [3.8, 4) is 0 Å². The van der Waals surface area contributed by atoms with E-state index in [4.69, 9.17) is 5.84 Å². The third-order valence-corrected chi connectivity index (χ3v) is 3.29. The second-order valence-corrected chi connectivity index (χ2v) is 4.71. The van der Waals surface area contributed by atoms with Crippen molar-refractivity contribution in [2.75, 3.05) is 36.9 Å². The molecule has 0 atom stereocenters. The molecule has 1 aliphatic rings. The smallest absolute Gasteiger partial charge is 0.332 e. The largest absolute Gasteiger partial charge is 0.363 e. The minimum atomic E-state index is -0.478. The summed E-state index contributed by atoms with van der Waals surface area (Å²) >= 11 is 0. The van der Waals surface area contributed by atoms with Gasteiger partial charge in [0.05, 0.1) is 4.92 Å². The van der Waals surface area contributed by atoms with E-state index in [2.05, 4.69) is 25.6 Å². The van der Waals surface area contributed by atoms with Crippen LogP contribution >= 0.6 is 0 Å². The van der Waals surface area contributed by atoms with Gasteiger partial charge in [-0.25, -0.2) is 10.8 Å². The minimum Gasteiger partial charge on any atom is -0.363 e. The van der Waals surface area contributed by atoms with Crippen molar-refractivity contribution in [1.29, 1.82) is 0 Å². The maximum absolute atomic E-state index is 11.1. The van der Waals surface area contributed by atoms with E-state index in [9.17, 15) is 10.1 Å². The number of nitrogen functional groups attached to an aromatic ring is 1. The van der Waals surface area contributed by atoms with Gasteiger partial charge in [-0.05, 0) is 32.9 Å². The molecular weight excluding hydrogens is 262 g/mol. The van der Waals surface area contributed by atoms with Crippen LogP contribution in [0.2, 0.25) is 0 Å². The molecule has 0 aromatic carbocycles. The van der Waals surface area contributed by atoms with Gasteiger partial charge in [0.2, 0.25) is 11.8 Å². The molecule has 1 aromatic rings. The number of nitrogens with one attached hydrogen (secondary N) is 2. The molecule has 0 radical (unpaired) electrons. The lowest BCUT2D eigenvalue weighted by atomic mass is 10.3. The number of aromatic nitrogens is 2. The highest BCUT2D eigenvalue weighted by Crippen LogP contribution is 2.26. The molecular formula is C11H19N7O2. The van der Waals surface area contributed by atoms with E-state index in [0.717, 1.165) is 19.6 Å². The van der Waals surface area contributed by atoms with Crippen LogP contribution < -0.4 is 16.6 Å². The predicted octanol–water partition coefficient (Wildman–Crippen LogP) is 0.487. The molecule has 0 unspecified atom stereocenters. The maximum Gasteiger partial charge on any atom is 0.332 e. The van der Waals surface area contributed by atoms with E-state index in [0.29, 0.717) is 6.54 Å². The van der Waals surface area contributed by atoms with Crippen LogP contribution in [0.4, 0.5) is 17.5 Å². The summed E-state index contributed by atoms with van der Waals surface area (Å²) in [4.78, 5) is 20.9. The Bertz CT molecular complexity index is 488. The Labute approximate surface area is 116 Å². The number of anilines is 2. The average Bonchev–Trinajstić information content (AvgIpc) is 2.90. The number of hydrazine groups is 1. The summed E-state index contributed by atoms with van der Waals surface area (Å²) in [6.45, 7) is 5.17. The lowest BCUT2D eigenvalue weighted by Gasteiger charge is -2.15. The molecule has 2 heterocycles. The molecule has 110 valence electrons. The van der Waals surface area contributed by atoms with Crippen LogP contribution in [0.25, 0.3) is 0 Å². The quantitative estimate of drug-likeness (QED) is 0.391. The monoisotopic (exact) mass is 281 g/mol. The SMILES string of the molecule is Cc1nc(NN)nc(NCCN2CCCC2)c1[N+](=O)[O-]. The van der Waals surface area contributed by atoms with E-state index in [1.54, 1.807) is 6.92 Å². The summed E-state index contributed by atoms with van der Waals surface area (Å²) in [5.41, 5.74) is 2.48. The van der Waals surface area contributed by atoms with Gasteiger partial charge < -0.3 is 10.2 Å². The van der Waals surface area contributed by atoms with Gasteiger partial charge in [0, 0.05) is 13.1 Å². The van der Waals surface area contributed by atoms with Crippen molar-refractivity contribution in [3.05, 3.63) is 15.8 Å². The number of hydrogen-bond acceptors (Lipinski definition) is 8. The van der Waals surface area contributed by atoms with E-state index in [1.165, 1.54) is 12.8 Å². The fourth-order valence-electron chi connectivity index (χ4n) is 2.31. The first kappa shape index (κ1) is 14.4. The fraction of sp³-hybridized carbons (Fsp3) is 0.636. The molecule has 9 heteroatoms. The second-order valence-electron chi connectivity index (χ2n) is 4.71. The zero-order chi connectivity index (χ0) is 14.5. The first-order valence-electron chi connectivity index (χ1n) is 6.57. The highest BCUT2D eigenvalue weighted by Gasteiger charge is 2.22. The van der Waals surface area contributed by atoms with E-state index >= 15 is 0 Å². The molecule has 0 spiro atoms. The van der Waals surface area contributed by atoms with Crippen molar-refractivity contribution in [2.24, 2.45) is 5.84 Å². The number of nitro groups is 1. The lowest BCUT2D eigenvalue weighted by molar-refractivity contribution is -0.385. The Morgan fingerprint density at radius 1 is 1.40 bits per heavy atom. The fourth-order valence-corrected chi connectivity index (χ4v) is 2.31. The number of rotatable bonds is 6. The number of hydrogen-bond donors (Lipinski definition) is 3. The van der Waals surface area contributed by atoms with Crippen molar-refractivity contribution >= 4 is 17.5 Å². The Morgan fingerprint density at radius 3 is 2.70 bits per heavy atom. The molecule has 1 fully saturated rings. The molecule has 0 bridgehead atoms. The van der Waals surface area contributed by atoms with Crippen LogP contribution in [-0.4, -0.2) is 46.0 Å². The Kier molecular flexibility index (Phi) is 4.64. The van der Waals surface area contributed by atoms with Crippen LogP contribution in [-0.2, 0) is 0 Å². The van der Waals surface area contributed by atoms with Gasteiger partial charge in [-0.15, -0.1) is 0 Å². The molecule has 1 aromatic heterocycles. The number of nitrogens with zero attached hydrogens (tertiary/aromatic N) is 4. The van der Waals surface area contributed by atoms with Crippen LogP contribution in [0.1, 0.15) is 18.5 Å². The molecule has 0 saturated carbocycles. The minimum absolute atomic E-state index is 0.106. The molecule has 1 aliphatic heterocycles. The van der Waals surface area contributed by atoms with Crippen LogP contribution in [0, 0.1) is 17.0 Å². The summed E-state index contributed by atoms with van der Waals surface area (Å²) in [5, 5.41) is 14.1. The molecule has 4 N–H and O–H groups in total. The summed E-state index contributed by atoms with van der Waals surface area (Å²) in [6, 6.07) is 0. The van der Waals surface area contributed by atoms with Gasteiger partial charge in [-0.3, -0.25) is 15.5 Å². The summed E-state index contributed by atoms with van der Waals surface area (Å²) < 4.78 is 0. The standard InChI is InChI=1S/C11H19N7O2/c1-8-9(18(19)20)10(15-11(14-8)16-12)13-4-7-17-5-2-3-6-17/h2-7,12H2,1H3,(H2,13,14,15,16). The van der Waals surface area contributed by atoms with Gasteiger partial charge in [-0.2, -0.15) is 4.98 Å². The number of likely N-dealkylation sites (tertiary alicyclic amines) is 1. The van der Waals surface area contributed by atoms with Gasteiger partial charge in [0.1, 0.15) is 5.69 Å². The molecule has 9 nitrogen and oxygen atoms in total. The summed E-state index contributed by atoms with van der Waals surface area (Å²) in [6.07, 6.45) is 2.43. The Hall–Kier alpha value is -2.00. The highest BCUT2D eigenvalue weighted by molar-refractivity contribution is 5.60. The molecule has 0 amide bonds. The van der Waals surface area contributed by atoms with E-state index in [1.807, 2.05) is 0 Å². The van der Waals surface area contributed by atoms with Crippen molar-refractivity contribution in [1.82, 2.24) is 14.9 Å². The molecule has 2 rings (SSSR count). The van der Waals surface area contributed by atoms with Gasteiger partial charge >= 0.3 is 5.69 Å². The molecule has 20 heavy (non-hydrogen) atoms. The summed E-state index contributed by atoms with van der Waals surface area (Å²) in [5.74, 6) is 5.63. The summed E-state index contributed by atoms with van der Waals surface area (Å²) in [7, 11) is 0. The number of nitrogens with two attached hydrogens (primary N) is 1. The van der Waals surface area contributed by atoms with Crippen molar-refractivity contribution in [3.63, 3.8) is 0 Å². The topological polar surface area (TPSA) is 122 Å². The third kappa shape index (κ3) is 3.31. The van der Waals surface area contributed by atoms with Crippen LogP contribution in [0.15, 0.2) is 0 Å². The van der Waals surface area contributed by atoms with Gasteiger partial charge in [-0.1, -0.05) is 0 Å². The van der Waals surface area contributed by atoms with Crippen molar-refractivity contribution < 1.29 is 4.92 Å². The predicted molar refractivity (Wildman–Crippen MR) is 75.4 cm³/mol. The highest BCUT2D eigenvalue weighted by atomic mass is 16.6. The third-order valence-electron chi connectivity index (χ3n) is 3.29. The first-order chi connectivity index (χ1) is 9.61. The van der Waals surface area contributed by atoms with Crippen molar-refractivity contribution in [2.45, 2.75) is 19.8 Å². The Morgan fingerprint density at radius 2 is 2.10 bits per heavy atom. The lowest BCUT2D eigenvalue weighted by Crippen LogP contribution is -2.26. The molecule has 0 aliphatic carbocycles. The second kappa shape index (κ2) is 6.44. The zero-order valence-corrected chi connectivity index (χ0v) is 11.4. The van der Waals surface area contributed by atoms with Crippen LogP contribution in [0.3, 0.4) is 0 Å². The van der Waals surface area contributed by atoms with Crippen LogP contribution in [0.5, 0.6) is 0 Å². The molecule has 1 saturated heterocycles. The Balaban J connectivity index is 2.07. The first-order valence-corrected chi connectivity index (χ1v) is 6.57. The number of aryl methyl sites for hydroxylation is 1. The van der Waals surface area contributed by atoms with E-state index < -0.39 is 4.92 Å². The van der Waals surface area contributed by atoms with Gasteiger partial charge in [0.25, 0.3) is 0 Å². The van der Waals surface area contributed by atoms with Gasteiger partial charge in [0.15, 0.2) is 0 Å². The van der Waals surface area contributed by atoms with E-state index in [-0.39, 0.29) is 23.1 Å².